The van der Waals surface area contributed by atoms with Gasteiger partial charge < -0.3 is 5.32 Å². The lowest BCUT2D eigenvalue weighted by atomic mass is 10.2. The molecule has 0 aliphatic carbocycles. The molecule has 0 saturated heterocycles. The first-order chi connectivity index (χ1) is 8.47. The fourth-order valence-electron chi connectivity index (χ4n) is 1.40. The molecular formula is C12H8BrClFNOS. The molecule has 1 aromatic carbocycles. The number of halogens is 3. The summed E-state index contributed by atoms with van der Waals surface area (Å²) in [5, 5.41) is 2.66. The van der Waals surface area contributed by atoms with Crippen molar-refractivity contribution in [2.24, 2.45) is 0 Å². The van der Waals surface area contributed by atoms with Crippen molar-refractivity contribution in [3.63, 3.8) is 0 Å². The molecule has 94 valence electrons. The summed E-state index contributed by atoms with van der Waals surface area (Å²) in [7, 11) is 0. The van der Waals surface area contributed by atoms with Gasteiger partial charge in [-0.2, -0.15) is 0 Å². The van der Waals surface area contributed by atoms with E-state index in [-0.39, 0.29) is 5.91 Å². The zero-order chi connectivity index (χ0) is 13.3. The van der Waals surface area contributed by atoms with Crippen LogP contribution < -0.4 is 5.32 Å². The summed E-state index contributed by atoms with van der Waals surface area (Å²) >= 11 is 10.0. The highest BCUT2D eigenvalue weighted by molar-refractivity contribution is 9.10. The third-order valence-electron chi connectivity index (χ3n) is 2.31. The third kappa shape index (κ3) is 2.91. The highest BCUT2D eigenvalue weighted by Crippen LogP contribution is 2.26. The van der Waals surface area contributed by atoms with Crippen molar-refractivity contribution >= 4 is 50.5 Å². The van der Waals surface area contributed by atoms with Gasteiger partial charge in [0.2, 0.25) is 0 Å². The monoisotopic (exact) mass is 347 g/mol. The standard InChI is InChI=1S/C12H8BrClFNOS/c1-6-4-7(13)8(15)5-9(6)16-12(17)10-2-3-11(14)18-10/h2-5H,1H3,(H,16,17). The van der Waals surface area contributed by atoms with E-state index in [1.54, 1.807) is 25.1 Å². The van der Waals surface area contributed by atoms with Gasteiger partial charge in [0.15, 0.2) is 0 Å². The second kappa shape index (κ2) is 5.38. The second-order valence-electron chi connectivity index (χ2n) is 3.64. The van der Waals surface area contributed by atoms with Crippen molar-refractivity contribution in [3.8, 4) is 0 Å². The number of anilines is 1. The Balaban J connectivity index is 2.24. The first-order valence-electron chi connectivity index (χ1n) is 4.99. The van der Waals surface area contributed by atoms with Gasteiger partial charge in [0, 0.05) is 5.69 Å². The maximum atomic E-state index is 13.4. The van der Waals surface area contributed by atoms with Gasteiger partial charge in [0.05, 0.1) is 13.7 Å². The van der Waals surface area contributed by atoms with Crippen LogP contribution in [0.2, 0.25) is 4.34 Å². The van der Waals surface area contributed by atoms with Crippen molar-refractivity contribution in [1.82, 2.24) is 0 Å². The topological polar surface area (TPSA) is 29.1 Å². The number of aryl methyl sites for hydroxylation is 1. The normalized spacial score (nSPS) is 10.4. The van der Waals surface area contributed by atoms with Crippen LogP contribution in [0.1, 0.15) is 15.2 Å². The molecule has 1 aromatic heterocycles. The van der Waals surface area contributed by atoms with Crippen LogP contribution in [0.3, 0.4) is 0 Å². The minimum atomic E-state index is -0.417. The Kier molecular flexibility index (Phi) is 4.04. The SMILES string of the molecule is Cc1cc(Br)c(F)cc1NC(=O)c1ccc(Cl)s1. The van der Waals surface area contributed by atoms with Gasteiger partial charge in [-0.25, -0.2) is 4.39 Å². The van der Waals surface area contributed by atoms with Crippen molar-refractivity contribution in [2.45, 2.75) is 6.92 Å². The Hall–Kier alpha value is -0.910. The van der Waals surface area contributed by atoms with Crippen LogP contribution in [-0.4, -0.2) is 5.91 Å². The summed E-state index contributed by atoms with van der Waals surface area (Å²) in [5.74, 6) is -0.711. The zero-order valence-corrected chi connectivity index (χ0v) is 12.4. The summed E-state index contributed by atoms with van der Waals surface area (Å²) in [6, 6.07) is 6.18. The van der Waals surface area contributed by atoms with Crippen LogP contribution in [0.4, 0.5) is 10.1 Å². The predicted molar refractivity (Wildman–Crippen MR) is 76.1 cm³/mol. The molecule has 0 radical (unpaired) electrons. The summed E-state index contributed by atoms with van der Waals surface area (Å²) < 4.78 is 14.3. The number of hydrogen-bond donors (Lipinski definition) is 1. The lowest BCUT2D eigenvalue weighted by Crippen LogP contribution is -2.11. The van der Waals surface area contributed by atoms with Crippen molar-refractivity contribution in [3.05, 3.63) is 49.3 Å². The highest BCUT2D eigenvalue weighted by Gasteiger charge is 2.12. The molecule has 1 amide bonds. The predicted octanol–water partition coefficient (Wildman–Crippen LogP) is 4.86. The van der Waals surface area contributed by atoms with E-state index in [1.165, 1.54) is 17.4 Å². The number of hydrogen-bond acceptors (Lipinski definition) is 2. The maximum Gasteiger partial charge on any atom is 0.265 e. The van der Waals surface area contributed by atoms with E-state index in [0.29, 0.717) is 19.4 Å². The fraction of sp³-hybridized carbons (Fsp3) is 0.0833. The summed E-state index contributed by atoms with van der Waals surface area (Å²) in [6.45, 7) is 1.79. The molecule has 2 nitrogen and oxygen atoms in total. The molecule has 1 N–H and O–H groups in total. The summed E-state index contributed by atoms with van der Waals surface area (Å²) in [5.41, 5.74) is 1.23. The molecule has 0 aliphatic rings. The van der Waals surface area contributed by atoms with Crippen LogP contribution in [0, 0.1) is 12.7 Å². The van der Waals surface area contributed by atoms with Gasteiger partial charge >= 0.3 is 0 Å². The Morgan fingerprint density at radius 3 is 2.78 bits per heavy atom. The van der Waals surface area contributed by atoms with Gasteiger partial charge in [0.1, 0.15) is 5.82 Å². The van der Waals surface area contributed by atoms with Gasteiger partial charge in [-0.15, -0.1) is 11.3 Å². The van der Waals surface area contributed by atoms with Crippen molar-refractivity contribution in [2.75, 3.05) is 5.32 Å². The number of rotatable bonds is 2. The van der Waals surface area contributed by atoms with Crippen LogP contribution >= 0.6 is 38.9 Å². The molecule has 0 saturated carbocycles. The van der Waals surface area contributed by atoms with Gasteiger partial charge in [-0.1, -0.05) is 11.6 Å². The molecule has 2 aromatic rings. The van der Waals surface area contributed by atoms with E-state index in [2.05, 4.69) is 21.2 Å². The largest absolute Gasteiger partial charge is 0.321 e. The number of carbonyl (C=O) groups excluding carboxylic acids is 1. The Morgan fingerprint density at radius 1 is 1.44 bits per heavy atom. The molecule has 6 heteroatoms. The van der Waals surface area contributed by atoms with E-state index in [1.807, 2.05) is 0 Å². The number of thiophene rings is 1. The number of nitrogens with one attached hydrogen (secondary N) is 1. The lowest BCUT2D eigenvalue weighted by Gasteiger charge is -2.08. The molecule has 18 heavy (non-hydrogen) atoms. The van der Waals surface area contributed by atoms with Gasteiger partial charge in [-0.3, -0.25) is 4.79 Å². The molecular weight excluding hydrogens is 341 g/mol. The Bertz CT molecular complexity index is 614. The number of carbonyl (C=O) groups is 1. The summed E-state index contributed by atoms with van der Waals surface area (Å²) in [4.78, 5) is 12.4. The third-order valence-corrected chi connectivity index (χ3v) is 4.15. The van der Waals surface area contributed by atoms with Gasteiger partial charge in [0.25, 0.3) is 5.91 Å². The molecule has 0 bridgehead atoms. The molecule has 0 unspecified atom stereocenters. The molecule has 0 atom stereocenters. The Morgan fingerprint density at radius 2 is 2.17 bits per heavy atom. The number of benzene rings is 1. The number of amides is 1. The quantitative estimate of drug-likeness (QED) is 0.824. The zero-order valence-electron chi connectivity index (χ0n) is 9.26. The molecule has 0 spiro atoms. The van der Waals surface area contributed by atoms with Crippen LogP contribution in [-0.2, 0) is 0 Å². The lowest BCUT2D eigenvalue weighted by molar-refractivity contribution is 0.103. The Labute approximate surface area is 121 Å². The average molecular weight is 349 g/mol. The van der Waals surface area contributed by atoms with E-state index in [0.717, 1.165) is 5.56 Å². The van der Waals surface area contributed by atoms with E-state index in [4.69, 9.17) is 11.6 Å². The molecule has 0 aliphatic heterocycles. The second-order valence-corrected chi connectivity index (χ2v) is 6.21. The minimum absolute atomic E-state index is 0.295. The van der Waals surface area contributed by atoms with Crippen LogP contribution in [0.15, 0.2) is 28.7 Å². The van der Waals surface area contributed by atoms with E-state index in [9.17, 15) is 9.18 Å². The average Bonchev–Trinajstić information content (AvgIpc) is 2.73. The fourth-order valence-corrected chi connectivity index (χ4v) is 2.80. The minimum Gasteiger partial charge on any atom is -0.321 e. The molecule has 1 heterocycles. The smallest absolute Gasteiger partial charge is 0.265 e. The van der Waals surface area contributed by atoms with E-state index < -0.39 is 5.82 Å². The van der Waals surface area contributed by atoms with Crippen LogP contribution in [0.5, 0.6) is 0 Å². The maximum absolute atomic E-state index is 13.4. The van der Waals surface area contributed by atoms with Crippen molar-refractivity contribution < 1.29 is 9.18 Å². The van der Waals surface area contributed by atoms with Crippen LogP contribution in [0.25, 0.3) is 0 Å². The first kappa shape index (κ1) is 13.5. The van der Waals surface area contributed by atoms with Crippen molar-refractivity contribution in [1.29, 1.82) is 0 Å². The molecule has 2 rings (SSSR count). The highest BCUT2D eigenvalue weighted by atomic mass is 79.9. The van der Waals surface area contributed by atoms with Gasteiger partial charge in [-0.05, 0) is 52.7 Å². The first-order valence-corrected chi connectivity index (χ1v) is 6.98. The molecule has 0 fully saturated rings. The van der Waals surface area contributed by atoms with E-state index >= 15 is 0 Å². The summed E-state index contributed by atoms with van der Waals surface area (Å²) in [6.07, 6.45) is 0.